The standard InChI is InChI=1S/C27H40O6S/c1-6-7-8-11-21-17-24(28)27(23-16-20(4)13-14-22(23)19(2)3)25(18-21)33-26(29)12-9-10-15-32-34(5,30)31/h16-18,22-23,28H,2,6-15H2,1,3-5H3/t22-,23+/m0/s1. The summed E-state index contributed by atoms with van der Waals surface area (Å²) in [7, 11) is -3.48. The summed E-state index contributed by atoms with van der Waals surface area (Å²) in [6.45, 7) is 10.4. The lowest BCUT2D eigenvalue weighted by molar-refractivity contribution is -0.134. The number of esters is 1. The third-order valence-corrected chi connectivity index (χ3v) is 6.85. The Kier molecular flexibility index (Phi) is 10.8. The number of aromatic hydroxyl groups is 1. The van der Waals surface area contributed by atoms with E-state index in [9.17, 15) is 18.3 Å². The van der Waals surface area contributed by atoms with Crippen LogP contribution in [0.5, 0.6) is 11.5 Å². The van der Waals surface area contributed by atoms with Crippen molar-refractivity contribution in [2.75, 3.05) is 12.9 Å². The van der Waals surface area contributed by atoms with Crippen LogP contribution < -0.4 is 4.74 Å². The first-order chi connectivity index (χ1) is 16.0. The van der Waals surface area contributed by atoms with E-state index in [0.29, 0.717) is 24.2 Å². The number of hydrogen-bond acceptors (Lipinski definition) is 6. The second-order valence-corrected chi connectivity index (χ2v) is 11.1. The molecule has 2 rings (SSSR count). The Bertz CT molecular complexity index is 993. The SMILES string of the molecule is C=C(C)[C@@H]1CCC(C)=C[C@H]1c1c(O)cc(CCCCC)cc1OC(=O)CCCCOS(C)(=O)=O. The number of benzene rings is 1. The van der Waals surface area contributed by atoms with E-state index < -0.39 is 16.1 Å². The number of carbonyl (C=O) groups is 1. The molecule has 190 valence electrons. The zero-order valence-corrected chi connectivity index (χ0v) is 21.9. The molecule has 0 heterocycles. The fraction of sp³-hybridized carbons (Fsp3) is 0.593. The maximum atomic E-state index is 12.7. The van der Waals surface area contributed by atoms with Crippen molar-refractivity contribution in [2.45, 2.75) is 84.5 Å². The maximum absolute atomic E-state index is 12.7. The molecule has 7 heteroatoms. The van der Waals surface area contributed by atoms with Crippen LogP contribution in [0.15, 0.2) is 35.9 Å². The van der Waals surface area contributed by atoms with Crippen LogP contribution in [0.4, 0.5) is 0 Å². The first kappa shape index (κ1) is 28.1. The summed E-state index contributed by atoms with van der Waals surface area (Å²) >= 11 is 0. The third kappa shape index (κ3) is 8.91. The third-order valence-electron chi connectivity index (χ3n) is 6.26. The summed E-state index contributed by atoms with van der Waals surface area (Å²) in [5.41, 5.74) is 3.88. The van der Waals surface area contributed by atoms with Gasteiger partial charge in [0.2, 0.25) is 0 Å². The van der Waals surface area contributed by atoms with Gasteiger partial charge >= 0.3 is 5.97 Å². The minimum atomic E-state index is -3.48. The molecule has 1 aliphatic carbocycles. The minimum absolute atomic E-state index is 0.0392. The number of ether oxygens (including phenoxy) is 1. The van der Waals surface area contributed by atoms with Gasteiger partial charge in [0.25, 0.3) is 10.1 Å². The number of rotatable bonds is 13. The van der Waals surface area contributed by atoms with E-state index in [1.54, 1.807) is 6.07 Å². The number of allylic oxidation sites excluding steroid dienone is 3. The van der Waals surface area contributed by atoms with Crippen LogP contribution in [0.1, 0.15) is 89.2 Å². The first-order valence-corrected chi connectivity index (χ1v) is 14.1. The Balaban J connectivity index is 2.26. The summed E-state index contributed by atoms with van der Waals surface area (Å²) < 4.78 is 32.7. The van der Waals surface area contributed by atoms with E-state index in [0.717, 1.165) is 55.9 Å². The highest BCUT2D eigenvalue weighted by Gasteiger charge is 2.31. The highest BCUT2D eigenvalue weighted by atomic mass is 32.2. The lowest BCUT2D eigenvalue weighted by Crippen LogP contribution is -2.19. The predicted molar refractivity (Wildman–Crippen MR) is 136 cm³/mol. The van der Waals surface area contributed by atoms with E-state index >= 15 is 0 Å². The number of aryl methyl sites for hydroxylation is 1. The lowest BCUT2D eigenvalue weighted by atomic mass is 9.73. The van der Waals surface area contributed by atoms with Crippen molar-refractivity contribution in [1.29, 1.82) is 0 Å². The van der Waals surface area contributed by atoms with Gasteiger partial charge in [-0.1, -0.05) is 43.6 Å². The van der Waals surface area contributed by atoms with E-state index in [1.165, 1.54) is 5.57 Å². The first-order valence-electron chi connectivity index (χ1n) is 12.2. The summed E-state index contributed by atoms with van der Waals surface area (Å²) in [5, 5.41) is 11.1. The average Bonchev–Trinajstić information content (AvgIpc) is 2.72. The van der Waals surface area contributed by atoms with Gasteiger partial charge in [0.15, 0.2) is 0 Å². The molecule has 6 nitrogen and oxygen atoms in total. The van der Waals surface area contributed by atoms with Crippen molar-refractivity contribution < 1.29 is 27.2 Å². The minimum Gasteiger partial charge on any atom is -0.507 e. The number of phenolic OH excluding ortho intramolecular Hbond substituents is 1. The highest BCUT2D eigenvalue weighted by molar-refractivity contribution is 7.85. The van der Waals surface area contributed by atoms with Crippen molar-refractivity contribution in [3.8, 4) is 11.5 Å². The van der Waals surface area contributed by atoms with Gasteiger partial charge in [-0.15, -0.1) is 0 Å². The second kappa shape index (κ2) is 13.1. The maximum Gasteiger partial charge on any atom is 0.311 e. The Hall–Kier alpha value is -2.12. The van der Waals surface area contributed by atoms with Crippen LogP contribution in [-0.2, 0) is 25.5 Å². The van der Waals surface area contributed by atoms with E-state index in [2.05, 4.69) is 26.5 Å². The molecule has 0 saturated heterocycles. The van der Waals surface area contributed by atoms with Gasteiger partial charge in [-0.05, 0) is 76.0 Å². The van der Waals surface area contributed by atoms with E-state index in [-0.39, 0.29) is 30.6 Å². The van der Waals surface area contributed by atoms with Crippen LogP contribution in [-0.4, -0.2) is 32.4 Å². The fourth-order valence-corrected chi connectivity index (χ4v) is 4.89. The Morgan fingerprint density at radius 3 is 2.59 bits per heavy atom. The molecule has 0 radical (unpaired) electrons. The van der Waals surface area contributed by atoms with Crippen molar-refractivity contribution in [3.05, 3.63) is 47.1 Å². The van der Waals surface area contributed by atoms with E-state index in [4.69, 9.17) is 8.92 Å². The molecule has 0 aliphatic heterocycles. The average molecular weight is 493 g/mol. The molecule has 0 aromatic heterocycles. The lowest BCUT2D eigenvalue weighted by Gasteiger charge is -2.32. The molecule has 1 aliphatic rings. The summed E-state index contributed by atoms with van der Waals surface area (Å²) in [6.07, 6.45) is 10.1. The van der Waals surface area contributed by atoms with Crippen LogP contribution >= 0.6 is 0 Å². The van der Waals surface area contributed by atoms with Crippen LogP contribution in [0.3, 0.4) is 0 Å². The topological polar surface area (TPSA) is 89.9 Å². The van der Waals surface area contributed by atoms with Gasteiger partial charge < -0.3 is 9.84 Å². The van der Waals surface area contributed by atoms with Crippen molar-refractivity contribution in [2.24, 2.45) is 5.92 Å². The Labute approximate surface area is 205 Å². The summed E-state index contributed by atoms with van der Waals surface area (Å²) in [4.78, 5) is 12.7. The molecule has 34 heavy (non-hydrogen) atoms. The molecule has 0 amide bonds. The van der Waals surface area contributed by atoms with Crippen molar-refractivity contribution >= 4 is 16.1 Å². The normalized spacial score (nSPS) is 18.4. The molecular weight excluding hydrogens is 452 g/mol. The Morgan fingerprint density at radius 2 is 1.94 bits per heavy atom. The molecule has 0 saturated carbocycles. The van der Waals surface area contributed by atoms with Gasteiger partial charge in [0.1, 0.15) is 11.5 Å². The van der Waals surface area contributed by atoms with Crippen LogP contribution in [0.25, 0.3) is 0 Å². The molecule has 0 bridgehead atoms. The number of hydrogen-bond donors (Lipinski definition) is 1. The zero-order chi connectivity index (χ0) is 25.3. The van der Waals surface area contributed by atoms with E-state index in [1.807, 2.05) is 13.0 Å². The van der Waals surface area contributed by atoms with Crippen molar-refractivity contribution in [1.82, 2.24) is 0 Å². The van der Waals surface area contributed by atoms with Crippen LogP contribution in [0, 0.1) is 5.92 Å². The van der Waals surface area contributed by atoms with Gasteiger partial charge in [-0.3, -0.25) is 8.98 Å². The predicted octanol–water partition coefficient (Wildman–Crippen LogP) is 6.19. The zero-order valence-electron chi connectivity index (χ0n) is 21.1. The number of carbonyl (C=O) groups excluding carboxylic acids is 1. The monoisotopic (exact) mass is 492 g/mol. The fourth-order valence-electron chi connectivity index (χ4n) is 4.47. The smallest absolute Gasteiger partial charge is 0.311 e. The highest BCUT2D eigenvalue weighted by Crippen LogP contribution is 2.47. The molecule has 0 spiro atoms. The molecule has 1 aromatic carbocycles. The second-order valence-electron chi connectivity index (χ2n) is 9.47. The van der Waals surface area contributed by atoms with Gasteiger partial charge in [0, 0.05) is 17.9 Å². The van der Waals surface area contributed by atoms with Gasteiger partial charge in [-0.25, -0.2) is 0 Å². The summed E-state index contributed by atoms with van der Waals surface area (Å²) in [5.74, 6) is 0.203. The van der Waals surface area contributed by atoms with Gasteiger partial charge in [-0.2, -0.15) is 8.42 Å². The molecule has 0 unspecified atom stereocenters. The summed E-state index contributed by atoms with van der Waals surface area (Å²) in [6, 6.07) is 3.70. The molecule has 1 N–H and O–H groups in total. The number of phenols is 1. The quantitative estimate of drug-likeness (QED) is 0.116. The Morgan fingerprint density at radius 1 is 1.21 bits per heavy atom. The molecule has 1 aromatic rings. The molecule has 0 fully saturated rings. The van der Waals surface area contributed by atoms with Gasteiger partial charge in [0.05, 0.1) is 12.9 Å². The van der Waals surface area contributed by atoms with Crippen molar-refractivity contribution in [3.63, 3.8) is 0 Å². The number of unbranched alkanes of at least 4 members (excludes halogenated alkanes) is 3. The largest absolute Gasteiger partial charge is 0.507 e. The van der Waals surface area contributed by atoms with Crippen LogP contribution in [0.2, 0.25) is 0 Å². The molecule has 2 atom stereocenters. The molecular formula is C27H40O6S.